The third-order valence-electron chi connectivity index (χ3n) is 4.87. The molecule has 1 aliphatic heterocycles. The van der Waals surface area contributed by atoms with Gasteiger partial charge in [0, 0.05) is 17.5 Å². The van der Waals surface area contributed by atoms with Crippen LogP contribution >= 0.6 is 0 Å². The maximum atomic E-state index is 13.7. The van der Waals surface area contributed by atoms with Crippen molar-refractivity contribution in [3.05, 3.63) is 35.4 Å². The zero-order valence-corrected chi connectivity index (χ0v) is 12.4. The SMILES string of the molecule is CC1CCC(C2COC(c3ccc(F)cc3F)OC2)CC1. The maximum absolute atomic E-state index is 13.7. The van der Waals surface area contributed by atoms with Crippen molar-refractivity contribution in [3.63, 3.8) is 0 Å². The van der Waals surface area contributed by atoms with Crippen LogP contribution in [0.25, 0.3) is 0 Å². The van der Waals surface area contributed by atoms with E-state index in [1.165, 1.54) is 37.8 Å². The third kappa shape index (κ3) is 3.43. The van der Waals surface area contributed by atoms with Crippen molar-refractivity contribution in [1.82, 2.24) is 0 Å². The summed E-state index contributed by atoms with van der Waals surface area (Å²) in [5.41, 5.74) is 0.284. The minimum absolute atomic E-state index is 0.284. The first kappa shape index (κ1) is 14.9. The molecular weight excluding hydrogens is 274 g/mol. The molecule has 0 unspecified atom stereocenters. The van der Waals surface area contributed by atoms with E-state index in [4.69, 9.17) is 9.47 Å². The van der Waals surface area contributed by atoms with Crippen molar-refractivity contribution in [3.8, 4) is 0 Å². The molecular formula is C17H22F2O2. The lowest BCUT2D eigenvalue weighted by molar-refractivity contribution is -0.215. The van der Waals surface area contributed by atoms with Crippen molar-refractivity contribution >= 4 is 0 Å². The van der Waals surface area contributed by atoms with E-state index in [0.29, 0.717) is 25.0 Å². The Bertz CT molecular complexity index is 476. The molecule has 1 saturated carbocycles. The quantitative estimate of drug-likeness (QED) is 0.802. The van der Waals surface area contributed by atoms with Crippen LogP contribution in [0.3, 0.4) is 0 Å². The summed E-state index contributed by atoms with van der Waals surface area (Å²) in [6, 6.07) is 3.51. The van der Waals surface area contributed by atoms with Crippen LogP contribution in [0.5, 0.6) is 0 Å². The molecule has 1 aromatic rings. The lowest BCUT2D eigenvalue weighted by Gasteiger charge is -2.37. The van der Waals surface area contributed by atoms with Gasteiger partial charge in [-0.05, 0) is 36.8 Å². The molecule has 0 N–H and O–H groups in total. The maximum Gasteiger partial charge on any atom is 0.186 e. The Morgan fingerprint density at radius 1 is 0.952 bits per heavy atom. The molecule has 2 fully saturated rings. The summed E-state index contributed by atoms with van der Waals surface area (Å²) in [6.07, 6.45) is 4.31. The number of benzene rings is 1. The first-order valence-corrected chi connectivity index (χ1v) is 7.81. The zero-order chi connectivity index (χ0) is 14.8. The summed E-state index contributed by atoms with van der Waals surface area (Å²) in [7, 11) is 0. The van der Waals surface area contributed by atoms with Crippen LogP contribution in [-0.2, 0) is 9.47 Å². The molecule has 21 heavy (non-hydrogen) atoms. The molecule has 3 rings (SSSR count). The van der Waals surface area contributed by atoms with Crippen LogP contribution in [-0.4, -0.2) is 13.2 Å². The standard InChI is InChI=1S/C17H22F2O2/c1-11-2-4-12(5-3-11)13-9-20-17(21-10-13)15-7-6-14(18)8-16(15)19/h6-8,11-13,17H,2-5,9-10H2,1H3. The van der Waals surface area contributed by atoms with E-state index >= 15 is 0 Å². The van der Waals surface area contributed by atoms with Crippen molar-refractivity contribution in [1.29, 1.82) is 0 Å². The summed E-state index contributed by atoms with van der Waals surface area (Å²) >= 11 is 0. The zero-order valence-electron chi connectivity index (χ0n) is 12.4. The van der Waals surface area contributed by atoms with E-state index in [2.05, 4.69) is 6.92 Å². The molecule has 0 atom stereocenters. The highest BCUT2D eigenvalue weighted by Crippen LogP contribution is 2.37. The minimum Gasteiger partial charge on any atom is -0.348 e. The van der Waals surface area contributed by atoms with Gasteiger partial charge in [0.05, 0.1) is 13.2 Å². The predicted octanol–water partition coefficient (Wildman–Crippen LogP) is 4.45. The van der Waals surface area contributed by atoms with E-state index < -0.39 is 17.9 Å². The molecule has 4 heteroatoms. The Labute approximate surface area is 124 Å². The van der Waals surface area contributed by atoms with Gasteiger partial charge in [-0.3, -0.25) is 0 Å². The molecule has 1 saturated heterocycles. The second-order valence-electron chi connectivity index (χ2n) is 6.44. The fourth-order valence-corrected chi connectivity index (χ4v) is 3.42. The van der Waals surface area contributed by atoms with Gasteiger partial charge in [0.2, 0.25) is 0 Å². The summed E-state index contributed by atoms with van der Waals surface area (Å²) in [5.74, 6) is 0.691. The topological polar surface area (TPSA) is 18.5 Å². The molecule has 1 heterocycles. The molecule has 0 amide bonds. The summed E-state index contributed by atoms with van der Waals surface area (Å²) in [5, 5.41) is 0. The number of hydrogen-bond acceptors (Lipinski definition) is 2. The van der Waals surface area contributed by atoms with Crippen LogP contribution < -0.4 is 0 Å². The van der Waals surface area contributed by atoms with Gasteiger partial charge >= 0.3 is 0 Å². The van der Waals surface area contributed by atoms with Gasteiger partial charge in [-0.1, -0.05) is 19.8 Å². The highest BCUT2D eigenvalue weighted by Gasteiger charge is 2.32. The Kier molecular flexibility index (Phi) is 4.55. The Morgan fingerprint density at radius 2 is 1.62 bits per heavy atom. The summed E-state index contributed by atoms with van der Waals surface area (Å²) < 4.78 is 38.0. The van der Waals surface area contributed by atoms with E-state index in [1.54, 1.807) is 0 Å². The van der Waals surface area contributed by atoms with Crippen molar-refractivity contribution in [2.45, 2.75) is 38.9 Å². The number of halogens is 2. The molecule has 2 nitrogen and oxygen atoms in total. The molecule has 1 aromatic carbocycles. The Morgan fingerprint density at radius 3 is 2.24 bits per heavy atom. The van der Waals surface area contributed by atoms with Gasteiger partial charge in [0.25, 0.3) is 0 Å². The average Bonchev–Trinajstić information content (AvgIpc) is 2.48. The van der Waals surface area contributed by atoms with E-state index in [0.717, 1.165) is 12.0 Å². The number of ether oxygens (including phenoxy) is 2. The van der Waals surface area contributed by atoms with Gasteiger partial charge in [-0.2, -0.15) is 0 Å². The minimum atomic E-state index is -0.704. The van der Waals surface area contributed by atoms with Crippen LogP contribution in [0, 0.1) is 29.4 Å². The van der Waals surface area contributed by atoms with Crippen LogP contribution in [0.4, 0.5) is 8.78 Å². The first-order valence-electron chi connectivity index (χ1n) is 7.81. The smallest absolute Gasteiger partial charge is 0.186 e. The molecule has 0 spiro atoms. The van der Waals surface area contributed by atoms with Gasteiger partial charge in [-0.25, -0.2) is 8.78 Å². The molecule has 0 aromatic heterocycles. The van der Waals surface area contributed by atoms with E-state index in [1.807, 2.05) is 0 Å². The molecule has 2 aliphatic rings. The van der Waals surface area contributed by atoms with Gasteiger partial charge in [0.1, 0.15) is 11.6 Å². The summed E-state index contributed by atoms with van der Waals surface area (Å²) in [6.45, 7) is 3.50. The number of hydrogen-bond donors (Lipinski definition) is 0. The number of rotatable bonds is 2. The molecule has 0 radical (unpaired) electrons. The van der Waals surface area contributed by atoms with Gasteiger partial charge < -0.3 is 9.47 Å². The largest absolute Gasteiger partial charge is 0.348 e. The first-order chi connectivity index (χ1) is 10.1. The average molecular weight is 296 g/mol. The van der Waals surface area contributed by atoms with Crippen LogP contribution in [0.15, 0.2) is 18.2 Å². The fraction of sp³-hybridized carbons (Fsp3) is 0.647. The Hall–Kier alpha value is -1.00. The molecule has 116 valence electrons. The fourth-order valence-electron chi connectivity index (χ4n) is 3.42. The van der Waals surface area contributed by atoms with E-state index in [-0.39, 0.29) is 5.56 Å². The second-order valence-corrected chi connectivity index (χ2v) is 6.44. The van der Waals surface area contributed by atoms with Crippen LogP contribution in [0.2, 0.25) is 0 Å². The van der Waals surface area contributed by atoms with Crippen molar-refractivity contribution < 1.29 is 18.3 Å². The van der Waals surface area contributed by atoms with E-state index in [9.17, 15) is 8.78 Å². The molecule has 0 bridgehead atoms. The third-order valence-corrected chi connectivity index (χ3v) is 4.87. The van der Waals surface area contributed by atoms with Crippen LogP contribution in [0.1, 0.15) is 44.5 Å². The molecule has 1 aliphatic carbocycles. The van der Waals surface area contributed by atoms with Crippen molar-refractivity contribution in [2.24, 2.45) is 17.8 Å². The van der Waals surface area contributed by atoms with Crippen molar-refractivity contribution in [2.75, 3.05) is 13.2 Å². The lowest BCUT2D eigenvalue weighted by atomic mass is 9.76. The predicted molar refractivity (Wildman–Crippen MR) is 75.6 cm³/mol. The van der Waals surface area contributed by atoms with Gasteiger partial charge in [0.15, 0.2) is 6.29 Å². The highest BCUT2D eigenvalue weighted by molar-refractivity contribution is 5.20. The second kappa shape index (κ2) is 6.41. The van der Waals surface area contributed by atoms with Gasteiger partial charge in [-0.15, -0.1) is 0 Å². The summed E-state index contributed by atoms with van der Waals surface area (Å²) in [4.78, 5) is 0. The highest BCUT2D eigenvalue weighted by atomic mass is 19.1. The Balaban J connectivity index is 1.57. The monoisotopic (exact) mass is 296 g/mol. The normalized spacial score (nSPS) is 33.9. The lowest BCUT2D eigenvalue weighted by Crippen LogP contribution is -2.34.